The van der Waals surface area contributed by atoms with Gasteiger partial charge < -0.3 is 15.0 Å². The number of hydrogen-bond acceptors (Lipinski definition) is 5. The van der Waals surface area contributed by atoms with Crippen molar-refractivity contribution in [1.82, 2.24) is 10.1 Å². The van der Waals surface area contributed by atoms with E-state index in [0.29, 0.717) is 18.1 Å². The Kier molecular flexibility index (Phi) is 3.39. The normalized spacial score (nSPS) is 12.4. The fourth-order valence-electron chi connectivity index (χ4n) is 1.54. The van der Waals surface area contributed by atoms with Gasteiger partial charge in [-0.2, -0.15) is 4.98 Å². The number of methoxy groups -OCH3 is 1. The van der Waals surface area contributed by atoms with Crippen LogP contribution in [0.5, 0.6) is 5.75 Å². The van der Waals surface area contributed by atoms with Crippen molar-refractivity contribution in [1.29, 1.82) is 0 Å². The summed E-state index contributed by atoms with van der Waals surface area (Å²) in [5, 5.41) is 3.89. The van der Waals surface area contributed by atoms with E-state index >= 15 is 0 Å². The Morgan fingerprint density at radius 2 is 2.18 bits per heavy atom. The lowest BCUT2D eigenvalue weighted by atomic mass is 10.1. The summed E-state index contributed by atoms with van der Waals surface area (Å²) in [4.78, 5) is 4.22. The molecule has 0 aliphatic heterocycles. The van der Waals surface area contributed by atoms with Crippen LogP contribution in [0.15, 0.2) is 28.8 Å². The predicted octanol–water partition coefficient (Wildman–Crippen LogP) is 1.69. The Labute approximate surface area is 99.6 Å². The average molecular weight is 233 g/mol. The van der Waals surface area contributed by atoms with Gasteiger partial charge in [0, 0.05) is 12.0 Å². The summed E-state index contributed by atoms with van der Waals surface area (Å²) in [6.07, 6.45) is 0.570. The van der Waals surface area contributed by atoms with Crippen molar-refractivity contribution < 1.29 is 9.26 Å². The van der Waals surface area contributed by atoms with E-state index in [1.54, 1.807) is 14.0 Å². The van der Waals surface area contributed by atoms with E-state index in [0.717, 1.165) is 11.3 Å². The van der Waals surface area contributed by atoms with Gasteiger partial charge in [0.25, 0.3) is 0 Å². The fraction of sp³-hybridized carbons (Fsp3) is 0.333. The van der Waals surface area contributed by atoms with Crippen molar-refractivity contribution in [2.75, 3.05) is 7.11 Å². The minimum atomic E-state index is -0.242. The van der Waals surface area contributed by atoms with Gasteiger partial charge in [-0.25, -0.2) is 0 Å². The van der Waals surface area contributed by atoms with Crippen LogP contribution in [0.2, 0.25) is 0 Å². The van der Waals surface area contributed by atoms with Crippen LogP contribution in [0.3, 0.4) is 0 Å². The standard InChI is InChI=1S/C12H15N3O2/c1-8(13)12-14-11(15-17-12)7-9-5-3-4-6-10(9)16-2/h3-6,8H,7,13H2,1-2H3. The minimum Gasteiger partial charge on any atom is -0.496 e. The maximum absolute atomic E-state index is 5.66. The van der Waals surface area contributed by atoms with Crippen LogP contribution in [0.4, 0.5) is 0 Å². The molecule has 90 valence electrons. The smallest absolute Gasteiger partial charge is 0.243 e. The molecule has 0 aliphatic rings. The minimum absolute atomic E-state index is 0.242. The predicted molar refractivity (Wildman–Crippen MR) is 62.7 cm³/mol. The number of nitrogens with zero attached hydrogens (tertiary/aromatic N) is 2. The van der Waals surface area contributed by atoms with Crippen LogP contribution >= 0.6 is 0 Å². The first-order chi connectivity index (χ1) is 8.20. The molecule has 1 heterocycles. The molecular formula is C12H15N3O2. The quantitative estimate of drug-likeness (QED) is 0.869. The molecule has 1 aromatic heterocycles. The van der Waals surface area contributed by atoms with Gasteiger partial charge >= 0.3 is 0 Å². The second-order valence-electron chi connectivity index (χ2n) is 3.83. The third kappa shape index (κ3) is 2.62. The number of benzene rings is 1. The first kappa shape index (κ1) is 11.6. The van der Waals surface area contributed by atoms with Crippen molar-refractivity contribution >= 4 is 0 Å². The second kappa shape index (κ2) is 4.97. The first-order valence-corrected chi connectivity index (χ1v) is 5.40. The molecule has 0 bridgehead atoms. The summed E-state index contributed by atoms with van der Waals surface area (Å²) >= 11 is 0. The molecule has 2 N–H and O–H groups in total. The number of aromatic nitrogens is 2. The number of rotatable bonds is 4. The van der Waals surface area contributed by atoms with Gasteiger partial charge in [0.1, 0.15) is 5.75 Å². The Morgan fingerprint density at radius 3 is 2.82 bits per heavy atom. The fourth-order valence-corrected chi connectivity index (χ4v) is 1.54. The van der Waals surface area contributed by atoms with Crippen LogP contribution < -0.4 is 10.5 Å². The lowest BCUT2D eigenvalue weighted by molar-refractivity contribution is 0.357. The average Bonchev–Trinajstić information content (AvgIpc) is 2.78. The maximum atomic E-state index is 5.66. The molecule has 1 aromatic carbocycles. The lowest BCUT2D eigenvalue weighted by Gasteiger charge is -2.05. The molecule has 5 nitrogen and oxygen atoms in total. The molecule has 0 aliphatic carbocycles. The summed E-state index contributed by atoms with van der Waals surface area (Å²) in [5.74, 6) is 1.89. The maximum Gasteiger partial charge on any atom is 0.243 e. The zero-order chi connectivity index (χ0) is 12.3. The van der Waals surface area contributed by atoms with E-state index in [1.165, 1.54) is 0 Å². The highest BCUT2D eigenvalue weighted by Gasteiger charge is 2.12. The number of para-hydroxylation sites is 1. The molecule has 0 radical (unpaired) electrons. The summed E-state index contributed by atoms with van der Waals surface area (Å²) in [6, 6.07) is 7.51. The molecule has 1 unspecified atom stereocenters. The van der Waals surface area contributed by atoms with E-state index in [1.807, 2.05) is 24.3 Å². The van der Waals surface area contributed by atoms with Crippen LogP contribution in [0.1, 0.15) is 30.2 Å². The Hall–Kier alpha value is -1.88. The van der Waals surface area contributed by atoms with Gasteiger partial charge in [0.15, 0.2) is 5.82 Å². The second-order valence-corrected chi connectivity index (χ2v) is 3.83. The van der Waals surface area contributed by atoms with Crippen LogP contribution in [-0.2, 0) is 6.42 Å². The van der Waals surface area contributed by atoms with Crippen molar-refractivity contribution in [3.05, 3.63) is 41.5 Å². The van der Waals surface area contributed by atoms with Gasteiger partial charge in [-0.3, -0.25) is 0 Å². The number of nitrogens with two attached hydrogens (primary N) is 1. The highest BCUT2D eigenvalue weighted by molar-refractivity contribution is 5.35. The van der Waals surface area contributed by atoms with Crippen molar-refractivity contribution in [3.63, 3.8) is 0 Å². The monoisotopic (exact) mass is 233 g/mol. The van der Waals surface area contributed by atoms with E-state index < -0.39 is 0 Å². The zero-order valence-electron chi connectivity index (χ0n) is 9.88. The van der Waals surface area contributed by atoms with E-state index in [9.17, 15) is 0 Å². The molecule has 5 heteroatoms. The van der Waals surface area contributed by atoms with Gasteiger partial charge in [-0.05, 0) is 13.0 Å². The molecule has 0 fully saturated rings. The summed E-state index contributed by atoms with van der Waals surface area (Å²) in [5.41, 5.74) is 6.68. The molecule has 2 aromatic rings. The van der Waals surface area contributed by atoms with Crippen LogP contribution in [0, 0.1) is 0 Å². The van der Waals surface area contributed by atoms with E-state index in [4.69, 9.17) is 15.0 Å². The zero-order valence-corrected chi connectivity index (χ0v) is 9.88. The van der Waals surface area contributed by atoms with Crippen molar-refractivity contribution in [3.8, 4) is 5.75 Å². The van der Waals surface area contributed by atoms with E-state index in [2.05, 4.69) is 10.1 Å². The Morgan fingerprint density at radius 1 is 1.41 bits per heavy atom. The summed E-state index contributed by atoms with van der Waals surface area (Å²) in [6.45, 7) is 1.81. The topological polar surface area (TPSA) is 74.2 Å². The molecule has 0 spiro atoms. The first-order valence-electron chi connectivity index (χ1n) is 5.40. The van der Waals surface area contributed by atoms with E-state index in [-0.39, 0.29) is 6.04 Å². The summed E-state index contributed by atoms with van der Waals surface area (Å²) < 4.78 is 10.3. The Bertz CT molecular complexity index is 494. The number of hydrogen-bond donors (Lipinski definition) is 1. The summed E-state index contributed by atoms with van der Waals surface area (Å²) in [7, 11) is 1.64. The molecule has 0 amide bonds. The van der Waals surface area contributed by atoms with Gasteiger partial charge in [-0.1, -0.05) is 23.4 Å². The van der Waals surface area contributed by atoms with Crippen molar-refractivity contribution in [2.45, 2.75) is 19.4 Å². The van der Waals surface area contributed by atoms with Crippen molar-refractivity contribution in [2.24, 2.45) is 5.73 Å². The number of ether oxygens (including phenoxy) is 1. The largest absolute Gasteiger partial charge is 0.496 e. The molecule has 0 saturated heterocycles. The highest BCUT2D eigenvalue weighted by Crippen LogP contribution is 2.20. The van der Waals surface area contributed by atoms with Crippen LogP contribution in [0.25, 0.3) is 0 Å². The molecule has 0 saturated carbocycles. The third-order valence-electron chi connectivity index (χ3n) is 2.41. The van der Waals surface area contributed by atoms with Gasteiger partial charge in [0.2, 0.25) is 5.89 Å². The molecular weight excluding hydrogens is 218 g/mol. The highest BCUT2D eigenvalue weighted by atomic mass is 16.5. The van der Waals surface area contributed by atoms with Gasteiger partial charge in [0.05, 0.1) is 13.2 Å². The molecule has 2 rings (SSSR count). The SMILES string of the molecule is COc1ccccc1Cc1noc(C(C)N)n1. The third-order valence-corrected chi connectivity index (χ3v) is 2.41. The van der Waals surface area contributed by atoms with Gasteiger partial charge in [-0.15, -0.1) is 0 Å². The van der Waals surface area contributed by atoms with Crippen LogP contribution in [-0.4, -0.2) is 17.3 Å². The lowest BCUT2D eigenvalue weighted by Crippen LogP contribution is -2.05. The molecule has 1 atom stereocenters. The molecule has 17 heavy (non-hydrogen) atoms. The Balaban J connectivity index is 2.19.